The number of nitriles is 4. The van der Waals surface area contributed by atoms with Gasteiger partial charge in [-0.1, -0.05) is 143 Å². The van der Waals surface area contributed by atoms with E-state index in [9.17, 15) is 15.8 Å². The predicted molar refractivity (Wildman–Crippen MR) is 515 cm³/mol. The van der Waals surface area contributed by atoms with E-state index < -0.39 is 32.3 Å². The number of allylic oxidation sites excluding steroid dienone is 2. The number of nitrogens with one attached hydrogen (secondary N) is 1. The van der Waals surface area contributed by atoms with Crippen LogP contribution in [0.3, 0.4) is 0 Å². The fourth-order valence-electron chi connectivity index (χ4n) is 16.5. The lowest BCUT2D eigenvalue weighted by molar-refractivity contribution is 0.0898. The first-order chi connectivity index (χ1) is 59.9. The third-order valence-electron chi connectivity index (χ3n) is 23.6. The van der Waals surface area contributed by atoms with Crippen molar-refractivity contribution >= 4 is 95.6 Å². The van der Waals surface area contributed by atoms with E-state index >= 15 is 0 Å². The number of fused-ring (bicyclic) bond motifs is 4. The Labute approximate surface area is 754 Å². The molecule has 2 atom stereocenters. The molecule has 0 amide bonds. The molecular formula is C93H130N24O4SSi4. The molecule has 12 heterocycles. The van der Waals surface area contributed by atoms with Crippen LogP contribution in [-0.2, 0) is 45.9 Å². The number of rotatable bonds is 32. The van der Waals surface area contributed by atoms with Crippen molar-refractivity contribution < 1.29 is 18.9 Å². The highest BCUT2D eigenvalue weighted by Crippen LogP contribution is 2.40. The van der Waals surface area contributed by atoms with Crippen LogP contribution in [0.15, 0.2) is 130 Å². The molecule has 4 aliphatic carbocycles. The summed E-state index contributed by atoms with van der Waals surface area (Å²) >= 11 is 0. The van der Waals surface area contributed by atoms with Crippen LogP contribution in [0, 0.1) is 80.8 Å². The molecule has 12 aromatic heterocycles. The minimum atomic E-state index is -1.10. The Kier molecular flexibility index (Phi) is 36.4. The highest BCUT2D eigenvalue weighted by Gasteiger charge is 2.31. The molecule has 4 fully saturated rings. The molecule has 126 heavy (non-hydrogen) atoms. The zero-order valence-electron chi connectivity index (χ0n) is 75.2. The zero-order chi connectivity index (χ0) is 87.6. The molecule has 4 saturated carbocycles. The smallest absolute Gasteiger partial charge is 0.152 e. The minimum absolute atomic E-state index is 0. The monoisotopic (exact) mass is 1790 g/mol. The van der Waals surface area contributed by atoms with Gasteiger partial charge in [0.1, 0.15) is 74.8 Å². The molecule has 0 bridgehead atoms. The number of H-pyrrole nitrogens is 1. The standard InChI is InChI=1S/2C23H32N6OSi.C23H30N6OSi.C15H21N5OSi.C8H9N.CH4.H2S/c3*1-31(2,3)13-12-30-17-28-11-9-20-22(25-16-26-23(20)28)19-14-27-29(15-19)21(8-10-24)18-6-4-5-7-18;1-22(2,3)7-6-21-11-20-5-4-13-14(12-8-18-19-9-12)16-10-17-15(13)20;9-7-3-6-8-4-1-2-5-8;;/h2*9,11,14-16,18,21H,4-8,12-13,17H2,1-3H3;8-9,11,14-16,18H,4-7,12-13,17H2,1-3H3;4-5,8-10H,6-7,11H2,1-3H3,(H,18,19);8H,1-2,4-5H2;1H4;1H2/b;;21-8-;;;;/t2*21-;;;;;/m10...../s1. The van der Waals surface area contributed by atoms with Gasteiger partial charge in [0.15, 0.2) is 6.07 Å². The normalized spacial score (nSPS) is 15.2. The van der Waals surface area contributed by atoms with Crippen LogP contribution in [-0.4, -0.2) is 156 Å². The van der Waals surface area contributed by atoms with E-state index in [1.165, 1.54) is 95.9 Å². The van der Waals surface area contributed by atoms with E-state index in [1.807, 2.05) is 131 Å². The molecule has 16 rings (SSSR count). The van der Waals surface area contributed by atoms with Gasteiger partial charge in [0.05, 0.1) is 96.4 Å². The second-order valence-electron chi connectivity index (χ2n) is 37.9. The summed E-state index contributed by atoms with van der Waals surface area (Å²) in [5.74, 6) is 7.36. The summed E-state index contributed by atoms with van der Waals surface area (Å²) in [6.45, 7) is 33.4. The van der Waals surface area contributed by atoms with Gasteiger partial charge in [-0.25, -0.2) is 44.6 Å². The molecule has 0 radical (unpaired) electrons. The molecule has 28 nitrogen and oxygen atoms in total. The lowest BCUT2D eigenvalue weighted by atomic mass is 9.96. The van der Waals surface area contributed by atoms with Crippen molar-refractivity contribution in [2.45, 2.75) is 265 Å². The molecular weight excluding hydrogens is 1660 g/mol. The van der Waals surface area contributed by atoms with Crippen LogP contribution >= 0.6 is 13.5 Å². The van der Waals surface area contributed by atoms with E-state index in [0.29, 0.717) is 63.4 Å². The van der Waals surface area contributed by atoms with Crippen molar-refractivity contribution in [3.63, 3.8) is 0 Å². The Morgan fingerprint density at radius 1 is 0.444 bits per heavy atom. The fourth-order valence-corrected chi connectivity index (χ4v) is 19.5. The van der Waals surface area contributed by atoms with Crippen LogP contribution in [0.25, 0.3) is 94.9 Å². The largest absolute Gasteiger partial charge is 0.361 e. The molecule has 12 aromatic rings. The number of aromatic amines is 1. The maximum Gasteiger partial charge on any atom is 0.152 e. The highest BCUT2D eigenvalue weighted by molar-refractivity contribution is 7.59. The average Bonchev–Trinajstić information content (AvgIpc) is 1.62. The van der Waals surface area contributed by atoms with Gasteiger partial charge in [0.2, 0.25) is 0 Å². The second kappa shape index (κ2) is 46.9. The first kappa shape index (κ1) is 97.8. The lowest BCUT2D eigenvalue weighted by Crippen LogP contribution is -2.22. The maximum absolute atomic E-state index is 9.34. The SMILES string of the molecule is C.C[Si](C)(C)CCOCn1ccc2c(-c3cn[nH]c3)ncnc21.C[Si](C)(C)CCOCn1ccc2c(-c3cnn(/C(=C\C#N)C4CCCC4)c3)ncnc21.C[Si](C)(C)CCOCn1ccc2c(-c3cnn([C@@H](CC#N)C4CCCC4)c3)ncnc21.C[Si](C)(C)CCOCn1ccc2c(-c3cnn([C@H](CC#N)C4CCCC4)c3)ncnc21.N#CC#CC1CCCC1.S. The summed E-state index contributed by atoms with van der Waals surface area (Å²) in [5.41, 5.74) is 11.8. The molecule has 1 N–H and O–H groups in total. The topological polar surface area (TPSA) is 337 Å². The van der Waals surface area contributed by atoms with Crippen LogP contribution in [0.1, 0.15) is 135 Å². The van der Waals surface area contributed by atoms with E-state index in [2.05, 4.69) is 174 Å². The van der Waals surface area contributed by atoms with Crippen molar-refractivity contribution in [2.24, 2.45) is 23.7 Å². The lowest BCUT2D eigenvalue weighted by Gasteiger charge is -2.21. The van der Waals surface area contributed by atoms with E-state index in [0.717, 1.165) is 152 Å². The van der Waals surface area contributed by atoms with E-state index in [-0.39, 0.29) is 33.0 Å². The molecule has 668 valence electrons. The van der Waals surface area contributed by atoms with Crippen molar-refractivity contribution in [3.05, 3.63) is 130 Å². The van der Waals surface area contributed by atoms with Gasteiger partial charge in [0.25, 0.3) is 0 Å². The number of hydrogen-bond donors (Lipinski definition) is 1. The number of aromatic nitrogens is 20. The minimum Gasteiger partial charge on any atom is -0.361 e. The summed E-state index contributed by atoms with van der Waals surface area (Å²) in [6.07, 6.45) is 51.6. The first-order valence-corrected chi connectivity index (χ1v) is 59.1. The Morgan fingerprint density at radius 3 is 1.12 bits per heavy atom. The van der Waals surface area contributed by atoms with E-state index in [1.54, 1.807) is 37.6 Å². The Morgan fingerprint density at radius 2 is 0.786 bits per heavy atom. The van der Waals surface area contributed by atoms with Gasteiger partial charge in [-0.15, -0.1) is 0 Å². The maximum atomic E-state index is 9.34. The van der Waals surface area contributed by atoms with Crippen molar-refractivity contribution in [1.29, 1.82) is 21.0 Å². The van der Waals surface area contributed by atoms with Gasteiger partial charge in [-0.3, -0.25) is 14.5 Å². The van der Waals surface area contributed by atoms with Crippen LogP contribution < -0.4 is 0 Å². The molecule has 33 heteroatoms. The summed E-state index contributed by atoms with van der Waals surface area (Å²) in [6, 6.07) is 21.8. The van der Waals surface area contributed by atoms with Gasteiger partial charge in [0, 0.05) is 176 Å². The average molecular weight is 1790 g/mol. The summed E-state index contributed by atoms with van der Waals surface area (Å²) < 4.78 is 37.5. The third kappa shape index (κ3) is 27.6. The van der Waals surface area contributed by atoms with Gasteiger partial charge in [-0.05, 0) is 112 Å². The van der Waals surface area contributed by atoms with Crippen molar-refractivity contribution in [3.8, 4) is 81.1 Å². The Hall–Kier alpha value is -10.4. The zero-order valence-corrected chi connectivity index (χ0v) is 80.2. The van der Waals surface area contributed by atoms with Gasteiger partial charge >= 0.3 is 0 Å². The van der Waals surface area contributed by atoms with Crippen LogP contribution in [0.4, 0.5) is 0 Å². The van der Waals surface area contributed by atoms with Crippen LogP contribution in [0.5, 0.6) is 0 Å². The molecule has 4 aliphatic rings. The molecule has 0 aromatic carbocycles. The summed E-state index contributed by atoms with van der Waals surface area (Å²) in [5, 5.41) is 60.6. The fraction of sp³-hybridized carbons (Fsp3) is 0.527. The third-order valence-corrected chi connectivity index (χ3v) is 30.4. The summed E-state index contributed by atoms with van der Waals surface area (Å²) in [4.78, 5) is 35.9. The Bertz CT molecular complexity index is 5500. The quantitative estimate of drug-likeness (QED) is 0.0177. The number of nitrogens with zero attached hydrogens (tertiary/aromatic N) is 23. The highest BCUT2D eigenvalue weighted by atomic mass is 32.1. The van der Waals surface area contributed by atoms with Crippen molar-refractivity contribution in [2.75, 3.05) is 26.4 Å². The molecule has 0 unspecified atom stereocenters. The Balaban J connectivity index is 0.000000170. The van der Waals surface area contributed by atoms with E-state index in [4.69, 9.17) is 24.2 Å². The summed E-state index contributed by atoms with van der Waals surface area (Å²) in [7, 11) is -4.35. The predicted octanol–water partition coefficient (Wildman–Crippen LogP) is 21.3. The van der Waals surface area contributed by atoms with Crippen LogP contribution in [0.2, 0.25) is 103 Å². The number of ether oxygens (including phenoxy) is 4. The first-order valence-electron chi connectivity index (χ1n) is 44.2. The molecule has 0 spiro atoms. The van der Waals surface area contributed by atoms with Crippen molar-refractivity contribution in [1.82, 2.24) is 97.7 Å². The number of hydrogen-bond acceptors (Lipinski definition) is 20. The molecule has 0 aliphatic heterocycles. The second-order valence-corrected chi connectivity index (χ2v) is 60.4. The van der Waals surface area contributed by atoms with Gasteiger partial charge < -0.3 is 37.2 Å². The molecule has 0 saturated heterocycles. The van der Waals surface area contributed by atoms with Gasteiger partial charge in [-0.2, -0.15) is 54.9 Å².